The lowest BCUT2D eigenvalue weighted by molar-refractivity contribution is -0.119. The van der Waals surface area contributed by atoms with E-state index in [0.717, 1.165) is 5.56 Å². The number of hydrogen-bond donors (Lipinski definition) is 1. The van der Waals surface area contributed by atoms with E-state index in [1.54, 1.807) is 38.3 Å². The molecule has 1 heterocycles. The van der Waals surface area contributed by atoms with Gasteiger partial charge in [-0.25, -0.2) is 9.59 Å². The Bertz CT molecular complexity index is 943. The Labute approximate surface area is 173 Å². The number of esters is 2. The van der Waals surface area contributed by atoms with Crippen molar-refractivity contribution in [3.8, 4) is 0 Å². The van der Waals surface area contributed by atoms with Gasteiger partial charge in [0.05, 0.1) is 24.3 Å². The summed E-state index contributed by atoms with van der Waals surface area (Å²) >= 11 is 0. The molecule has 0 unspecified atom stereocenters. The van der Waals surface area contributed by atoms with Crippen molar-refractivity contribution in [2.75, 3.05) is 25.6 Å². The highest BCUT2D eigenvalue weighted by atomic mass is 16.5. The SMILES string of the molecule is CCOC(=O)c1c(NC(=O)COC(=O)c2ccc(COC)cc2)oc(C)c1C(C)=O. The molecule has 0 aliphatic carbocycles. The predicted octanol–water partition coefficient (Wildman–Crippen LogP) is 2.91. The van der Waals surface area contributed by atoms with Crippen molar-refractivity contribution < 1.29 is 37.8 Å². The predicted molar refractivity (Wildman–Crippen MR) is 105 cm³/mol. The van der Waals surface area contributed by atoms with Crippen LogP contribution in [0.3, 0.4) is 0 Å². The maximum Gasteiger partial charge on any atom is 0.344 e. The quantitative estimate of drug-likeness (QED) is 0.488. The summed E-state index contributed by atoms with van der Waals surface area (Å²) in [5.41, 5.74) is 1.00. The van der Waals surface area contributed by atoms with Crippen molar-refractivity contribution >= 4 is 29.5 Å². The number of benzene rings is 1. The first kappa shape index (κ1) is 22.8. The number of amides is 1. The number of furan rings is 1. The van der Waals surface area contributed by atoms with E-state index in [4.69, 9.17) is 18.6 Å². The molecule has 0 spiro atoms. The van der Waals surface area contributed by atoms with E-state index >= 15 is 0 Å². The Kier molecular flexibility index (Phi) is 7.88. The van der Waals surface area contributed by atoms with Gasteiger partial charge in [-0.3, -0.25) is 14.9 Å². The first-order valence-corrected chi connectivity index (χ1v) is 9.14. The van der Waals surface area contributed by atoms with Crippen LogP contribution in [0, 0.1) is 6.92 Å². The largest absolute Gasteiger partial charge is 0.462 e. The average molecular weight is 417 g/mol. The lowest BCUT2D eigenvalue weighted by Gasteiger charge is -2.07. The van der Waals surface area contributed by atoms with Crippen LogP contribution in [-0.4, -0.2) is 44.0 Å². The van der Waals surface area contributed by atoms with Crippen molar-refractivity contribution in [3.63, 3.8) is 0 Å². The molecule has 1 amide bonds. The van der Waals surface area contributed by atoms with Crippen LogP contribution in [0.5, 0.6) is 0 Å². The number of carbonyl (C=O) groups excluding carboxylic acids is 4. The fourth-order valence-electron chi connectivity index (χ4n) is 2.74. The minimum atomic E-state index is -0.803. The van der Waals surface area contributed by atoms with Crippen LogP contribution in [0.25, 0.3) is 0 Å². The molecule has 9 nitrogen and oxygen atoms in total. The van der Waals surface area contributed by atoms with E-state index in [0.29, 0.717) is 6.61 Å². The molecule has 0 fully saturated rings. The number of ketones is 1. The minimum absolute atomic E-state index is 0.0249. The summed E-state index contributed by atoms with van der Waals surface area (Å²) in [6.07, 6.45) is 0. The number of Topliss-reactive ketones (excluding diaryl/α,β-unsaturated/α-hetero) is 1. The van der Waals surface area contributed by atoms with Crippen molar-refractivity contribution in [3.05, 3.63) is 52.3 Å². The topological polar surface area (TPSA) is 121 Å². The van der Waals surface area contributed by atoms with E-state index in [2.05, 4.69) is 5.32 Å². The van der Waals surface area contributed by atoms with Gasteiger partial charge < -0.3 is 18.6 Å². The lowest BCUT2D eigenvalue weighted by Crippen LogP contribution is -2.22. The standard InChI is InChI=1S/C21H23NO8/c1-5-28-21(26)18-17(12(2)23)13(3)30-19(18)22-16(24)11-29-20(25)15-8-6-14(7-9-15)10-27-4/h6-9H,5,10-11H2,1-4H3,(H,22,24). The number of nitrogens with one attached hydrogen (secondary N) is 1. The number of methoxy groups -OCH3 is 1. The molecule has 0 radical (unpaired) electrons. The number of hydrogen-bond acceptors (Lipinski definition) is 8. The summed E-state index contributed by atoms with van der Waals surface area (Å²) in [5.74, 6) is -2.73. The molecular formula is C21H23NO8. The van der Waals surface area contributed by atoms with Gasteiger partial charge in [-0.15, -0.1) is 0 Å². The van der Waals surface area contributed by atoms with E-state index in [9.17, 15) is 19.2 Å². The van der Waals surface area contributed by atoms with E-state index in [1.165, 1.54) is 13.8 Å². The summed E-state index contributed by atoms with van der Waals surface area (Å²) in [7, 11) is 1.56. The van der Waals surface area contributed by atoms with Crippen LogP contribution in [0.15, 0.2) is 28.7 Å². The van der Waals surface area contributed by atoms with Gasteiger partial charge >= 0.3 is 11.9 Å². The molecule has 9 heteroatoms. The Hall–Kier alpha value is -3.46. The van der Waals surface area contributed by atoms with Crippen LogP contribution in [0.2, 0.25) is 0 Å². The van der Waals surface area contributed by atoms with Gasteiger partial charge in [0.2, 0.25) is 5.88 Å². The summed E-state index contributed by atoms with van der Waals surface area (Å²) in [6, 6.07) is 6.53. The molecule has 0 bridgehead atoms. The van der Waals surface area contributed by atoms with Gasteiger partial charge in [-0.1, -0.05) is 12.1 Å². The molecule has 2 rings (SSSR count). The van der Waals surface area contributed by atoms with Crippen molar-refractivity contribution in [1.82, 2.24) is 0 Å². The first-order chi connectivity index (χ1) is 14.3. The molecule has 0 saturated carbocycles. The van der Waals surface area contributed by atoms with Crippen LogP contribution < -0.4 is 5.32 Å². The average Bonchev–Trinajstić information content (AvgIpc) is 3.03. The second kappa shape index (κ2) is 10.4. The van der Waals surface area contributed by atoms with Crippen molar-refractivity contribution in [2.45, 2.75) is 27.4 Å². The van der Waals surface area contributed by atoms with E-state index in [-0.39, 0.29) is 34.9 Å². The van der Waals surface area contributed by atoms with Gasteiger partial charge in [0, 0.05) is 7.11 Å². The number of aryl methyl sites for hydroxylation is 1. The second-order valence-electron chi connectivity index (χ2n) is 6.27. The highest BCUT2D eigenvalue weighted by molar-refractivity contribution is 6.10. The third-order valence-corrected chi connectivity index (χ3v) is 4.00. The molecule has 0 aliphatic rings. The van der Waals surface area contributed by atoms with Crippen LogP contribution in [0.4, 0.5) is 5.88 Å². The number of ether oxygens (including phenoxy) is 3. The number of anilines is 1. The zero-order chi connectivity index (χ0) is 22.3. The van der Waals surface area contributed by atoms with Gasteiger partial charge in [-0.05, 0) is 38.5 Å². The van der Waals surface area contributed by atoms with Gasteiger partial charge in [0.25, 0.3) is 5.91 Å². The molecule has 1 N–H and O–H groups in total. The van der Waals surface area contributed by atoms with Gasteiger partial charge in [0.15, 0.2) is 12.4 Å². The number of carbonyl (C=O) groups is 4. The summed E-state index contributed by atoms with van der Waals surface area (Å²) in [6.45, 7) is 4.24. The number of rotatable bonds is 9. The minimum Gasteiger partial charge on any atom is -0.462 e. The van der Waals surface area contributed by atoms with Crippen LogP contribution >= 0.6 is 0 Å². The normalized spacial score (nSPS) is 10.4. The molecule has 0 saturated heterocycles. The molecule has 0 atom stereocenters. The zero-order valence-electron chi connectivity index (χ0n) is 17.2. The summed E-state index contributed by atoms with van der Waals surface area (Å²) in [5, 5.41) is 2.35. The van der Waals surface area contributed by atoms with Crippen molar-refractivity contribution in [1.29, 1.82) is 0 Å². The Morgan fingerprint density at radius 2 is 1.67 bits per heavy atom. The monoisotopic (exact) mass is 417 g/mol. The molecular weight excluding hydrogens is 394 g/mol. The van der Waals surface area contributed by atoms with Crippen LogP contribution in [-0.2, 0) is 25.6 Å². The fourth-order valence-corrected chi connectivity index (χ4v) is 2.74. The fraction of sp³-hybridized carbons (Fsp3) is 0.333. The second-order valence-corrected chi connectivity index (χ2v) is 6.27. The molecule has 160 valence electrons. The Balaban J connectivity index is 2.07. The molecule has 30 heavy (non-hydrogen) atoms. The molecule has 0 aliphatic heterocycles. The zero-order valence-corrected chi connectivity index (χ0v) is 17.2. The van der Waals surface area contributed by atoms with Gasteiger partial charge in [0.1, 0.15) is 11.3 Å². The van der Waals surface area contributed by atoms with Crippen LogP contribution in [0.1, 0.15) is 56.2 Å². The maximum absolute atomic E-state index is 12.2. The Morgan fingerprint density at radius 1 is 1.00 bits per heavy atom. The van der Waals surface area contributed by atoms with Gasteiger partial charge in [-0.2, -0.15) is 0 Å². The smallest absolute Gasteiger partial charge is 0.344 e. The molecule has 1 aromatic heterocycles. The van der Waals surface area contributed by atoms with Crippen molar-refractivity contribution in [2.24, 2.45) is 0 Å². The van der Waals surface area contributed by atoms with E-state index < -0.39 is 30.2 Å². The lowest BCUT2D eigenvalue weighted by atomic mass is 10.1. The highest BCUT2D eigenvalue weighted by Gasteiger charge is 2.28. The first-order valence-electron chi connectivity index (χ1n) is 9.14. The highest BCUT2D eigenvalue weighted by Crippen LogP contribution is 2.28. The molecule has 2 aromatic rings. The maximum atomic E-state index is 12.2. The summed E-state index contributed by atoms with van der Waals surface area (Å²) < 4.78 is 20.3. The third-order valence-electron chi connectivity index (χ3n) is 4.00. The van der Waals surface area contributed by atoms with E-state index in [1.807, 2.05) is 0 Å². The third kappa shape index (κ3) is 5.54. The summed E-state index contributed by atoms with van der Waals surface area (Å²) in [4.78, 5) is 48.4. The molecule has 1 aromatic carbocycles. The Morgan fingerprint density at radius 3 is 2.23 bits per heavy atom.